The molecule has 1 aliphatic rings. The summed E-state index contributed by atoms with van der Waals surface area (Å²) in [6.07, 6.45) is 1.96. The Balaban J connectivity index is 1.87. The number of likely N-dealkylation sites (N-methyl/N-ethyl adjacent to an activating group) is 1. The molecule has 1 aromatic rings. The number of aromatic nitrogens is 1. The van der Waals surface area contributed by atoms with Gasteiger partial charge in [-0.3, -0.25) is 9.78 Å². The molecule has 0 bridgehead atoms. The molecule has 0 spiro atoms. The molecule has 0 aliphatic carbocycles. The second kappa shape index (κ2) is 5.82. The Morgan fingerprint density at radius 3 is 2.61 bits per heavy atom. The van der Waals surface area contributed by atoms with Crippen molar-refractivity contribution in [3.8, 4) is 0 Å². The molecule has 5 heteroatoms. The number of amides is 1. The summed E-state index contributed by atoms with van der Waals surface area (Å²) in [5.41, 5.74) is 6.98. The number of carbonyl (C=O) groups excluding carboxylic acids is 1. The van der Waals surface area contributed by atoms with Gasteiger partial charge in [0.05, 0.1) is 18.3 Å². The summed E-state index contributed by atoms with van der Waals surface area (Å²) in [6, 6.07) is 3.60. The molecule has 0 atom stereocenters. The SMILES string of the molecule is CCN1CCN(C(=O)Cc2ccc(N)cn2)CC1. The van der Waals surface area contributed by atoms with E-state index in [9.17, 15) is 4.79 Å². The second-order valence-corrected chi connectivity index (χ2v) is 4.57. The van der Waals surface area contributed by atoms with Gasteiger partial charge in [-0.2, -0.15) is 0 Å². The lowest BCUT2D eigenvalue weighted by Gasteiger charge is -2.34. The predicted molar refractivity (Wildman–Crippen MR) is 71.0 cm³/mol. The van der Waals surface area contributed by atoms with Crippen LogP contribution < -0.4 is 5.73 Å². The molecule has 1 fully saturated rings. The maximum atomic E-state index is 12.1. The third-order valence-corrected chi connectivity index (χ3v) is 3.35. The first-order chi connectivity index (χ1) is 8.69. The first kappa shape index (κ1) is 12.8. The summed E-state index contributed by atoms with van der Waals surface area (Å²) in [4.78, 5) is 20.5. The summed E-state index contributed by atoms with van der Waals surface area (Å²) in [5, 5.41) is 0. The molecule has 0 radical (unpaired) electrons. The first-order valence-electron chi connectivity index (χ1n) is 6.39. The van der Waals surface area contributed by atoms with Crippen molar-refractivity contribution in [2.24, 2.45) is 0 Å². The van der Waals surface area contributed by atoms with E-state index in [0.29, 0.717) is 12.1 Å². The van der Waals surface area contributed by atoms with Gasteiger partial charge in [-0.25, -0.2) is 0 Å². The van der Waals surface area contributed by atoms with Gasteiger partial charge in [0.2, 0.25) is 5.91 Å². The molecule has 0 aromatic carbocycles. The fourth-order valence-electron chi connectivity index (χ4n) is 2.12. The number of nitrogen functional groups attached to an aromatic ring is 1. The van der Waals surface area contributed by atoms with Crippen LogP contribution >= 0.6 is 0 Å². The molecule has 2 heterocycles. The molecule has 18 heavy (non-hydrogen) atoms. The highest BCUT2D eigenvalue weighted by Crippen LogP contribution is 2.06. The molecule has 0 unspecified atom stereocenters. The lowest BCUT2D eigenvalue weighted by molar-refractivity contribution is -0.132. The largest absolute Gasteiger partial charge is 0.397 e. The van der Waals surface area contributed by atoms with Crippen molar-refractivity contribution in [1.82, 2.24) is 14.8 Å². The van der Waals surface area contributed by atoms with Gasteiger partial charge in [-0.05, 0) is 18.7 Å². The van der Waals surface area contributed by atoms with E-state index in [4.69, 9.17) is 5.73 Å². The van der Waals surface area contributed by atoms with Crippen molar-refractivity contribution in [3.63, 3.8) is 0 Å². The van der Waals surface area contributed by atoms with E-state index >= 15 is 0 Å². The molecule has 98 valence electrons. The smallest absolute Gasteiger partial charge is 0.228 e. The average molecular weight is 248 g/mol. The van der Waals surface area contributed by atoms with Crippen molar-refractivity contribution < 1.29 is 4.79 Å². The van der Waals surface area contributed by atoms with Crippen LogP contribution in [0.15, 0.2) is 18.3 Å². The van der Waals surface area contributed by atoms with Gasteiger partial charge < -0.3 is 15.5 Å². The van der Waals surface area contributed by atoms with Crippen molar-refractivity contribution in [3.05, 3.63) is 24.0 Å². The first-order valence-corrected chi connectivity index (χ1v) is 6.39. The van der Waals surface area contributed by atoms with Gasteiger partial charge in [0, 0.05) is 31.9 Å². The second-order valence-electron chi connectivity index (χ2n) is 4.57. The zero-order valence-electron chi connectivity index (χ0n) is 10.8. The lowest BCUT2D eigenvalue weighted by atomic mass is 10.2. The Labute approximate surface area is 108 Å². The quantitative estimate of drug-likeness (QED) is 0.839. The third-order valence-electron chi connectivity index (χ3n) is 3.35. The van der Waals surface area contributed by atoms with Crippen LogP contribution in [-0.2, 0) is 11.2 Å². The molecule has 2 N–H and O–H groups in total. The minimum atomic E-state index is 0.156. The average Bonchev–Trinajstić information content (AvgIpc) is 2.41. The van der Waals surface area contributed by atoms with Crippen LogP contribution in [0.4, 0.5) is 5.69 Å². The van der Waals surface area contributed by atoms with Gasteiger partial charge in [0.15, 0.2) is 0 Å². The molecule has 1 amide bonds. The normalized spacial score (nSPS) is 16.8. The van der Waals surface area contributed by atoms with Crippen LogP contribution in [0, 0.1) is 0 Å². The fraction of sp³-hybridized carbons (Fsp3) is 0.538. The fourth-order valence-corrected chi connectivity index (χ4v) is 2.12. The Hall–Kier alpha value is -1.62. The minimum absolute atomic E-state index is 0.156. The third kappa shape index (κ3) is 3.20. The highest BCUT2D eigenvalue weighted by atomic mass is 16.2. The number of hydrogen-bond donors (Lipinski definition) is 1. The highest BCUT2D eigenvalue weighted by Gasteiger charge is 2.20. The Bertz CT molecular complexity index is 396. The summed E-state index contributed by atoms with van der Waals surface area (Å²) in [5.74, 6) is 0.156. The Kier molecular flexibility index (Phi) is 4.15. The summed E-state index contributed by atoms with van der Waals surface area (Å²) in [7, 11) is 0. The molecular weight excluding hydrogens is 228 g/mol. The summed E-state index contributed by atoms with van der Waals surface area (Å²) in [6.45, 7) is 6.79. The van der Waals surface area contributed by atoms with E-state index in [1.807, 2.05) is 11.0 Å². The van der Waals surface area contributed by atoms with Gasteiger partial charge in [0.1, 0.15) is 0 Å². The van der Waals surface area contributed by atoms with Crippen molar-refractivity contribution in [2.45, 2.75) is 13.3 Å². The molecule has 1 aliphatic heterocycles. The minimum Gasteiger partial charge on any atom is -0.397 e. The molecule has 5 nitrogen and oxygen atoms in total. The van der Waals surface area contributed by atoms with Crippen LogP contribution in [0.3, 0.4) is 0 Å². The Morgan fingerprint density at radius 2 is 2.06 bits per heavy atom. The van der Waals surface area contributed by atoms with E-state index in [0.717, 1.165) is 38.4 Å². The van der Waals surface area contributed by atoms with Crippen molar-refractivity contribution >= 4 is 11.6 Å². The zero-order chi connectivity index (χ0) is 13.0. The monoisotopic (exact) mass is 248 g/mol. The predicted octanol–water partition coefficient (Wildman–Crippen LogP) is 0.370. The van der Waals surface area contributed by atoms with Crippen LogP contribution in [0.1, 0.15) is 12.6 Å². The molecule has 0 saturated carbocycles. The lowest BCUT2D eigenvalue weighted by Crippen LogP contribution is -2.48. The maximum Gasteiger partial charge on any atom is 0.228 e. The van der Waals surface area contributed by atoms with Crippen molar-refractivity contribution in [1.29, 1.82) is 0 Å². The van der Waals surface area contributed by atoms with E-state index in [2.05, 4.69) is 16.8 Å². The standard InChI is InChI=1S/C13H20N4O/c1-2-16-5-7-17(8-6-16)13(18)9-12-4-3-11(14)10-15-12/h3-4,10H,2,5-9,14H2,1H3. The van der Waals surface area contributed by atoms with E-state index in [1.54, 1.807) is 12.3 Å². The molecule has 1 aromatic heterocycles. The van der Waals surface area contributed by atoms with Crippen LogP contribution in [0.2, 0.25) is 0 Å². The molecular formula is C13H20N4O. The van der Waals surface area contributed by atoms with Crippen molar-refractivity contribution in [2.75, 3.05) is 38.5 Å². The van der Waals surface area contributed by atoms with Crippen LogP contribution in [0.5, 0.6) is 0 Å². The van der Waals surface area contributed by atoms with Gasteiger partial charge in [-0.15, -0.1) is 0 Å². The van der Waals surface area contributed by atoms with Crippen LogP contribution in [-0.4, -0.2) is 53.4 Å². The van der Waals surface area contributed by atoms with Gasteiger partial charge in [0.25, 0.3) is 0 Å². The topological polar surface area (TPSA) is 62.5 Å². The number of carbonyl (C=O) groups is 1. The molecule has 2 rings (SSSR count). The van der Waals surface area contributed by atoms with E-state index < -0.39 is 0 Å². The summed E-state index contributed by atoms with van der Waals surface area (Å²) < 4.78 is 0. The van der Waals surface area contributed by atoms with E-state index in [-0.39, 0.29) is 5.91 Å². The number of hydrogen-bond acceptors (Lipinski definition) is 4. The highest BCUT2D eigenvalue weighted by molar-refractivity contribution is 5.78. The van der Waals surface area contributed by atoms with Gasteiger partial charge in [-0.1, -0.05) is 6.92 Å². The number of piperazine rings is 1. The van der Waals surface area contributed by atoms with E-state index in [1.165, 1.54) is 0 Å². The number of pyridine rings is 1. The number of rotatable bonds is 3. The number of nitrogens with zero attached hydrogens (tertiary/aromatic N) is 3. The summed E-state index contributed by atoms with van der Waals surface area (Å²) >= 11 is 0. The van der Waals surface area contributed by atoms with Gasteiger partial charge >= 0.3 is 0 Å². The number of nitrogens with two attached hydrogens (primary N) is 1. The Morgan fingerprint density at radius 1 is 1.33 bits per heavy atom. The van der Waals surface area contributed by atoms with Crippen LogP contribution in [0.25, 0.3) is 0 Å². The maximum absolute atomic E-state index is 12.1. The zero-order valence-corrected chi connectivity index (χ0v) is 10.8. The number of anilines is 1. The molecule has 1 saturated heterocycles.